The lowest BCUT2D eigenvalue weighted by atomic mass is 10.0. The van der Waals surface area contributed by atoms with Gasteiger partial charge in [-0.1, -0.05) is 80.9 Å². The van der Waals surface area contributed by atoms with Crippen molar-refractivity contribution in [2.45, 2.75) is 33.7 Å². The molecule has 48 heavy (non-hydrogen) atoms. The Morgan fingerprint density at radius 3 is 2.44 bits per heavy atom. The first-order valence-corrected chi connectivity index (χ1v) is 17.5. The third-order valence-electron chi connectivity index (χ3n) is 7.83. The highest BCUT2D eigenvalue weighted by Gasteiger charge is 2.23. The van der Waals surface area contributed by atoms with Gasteiger partial charge in [-0.15, -0.1) is 0 Å². The molecule has 1 fully saturated rings. The van der Waals surface area contributed by atoms with Gasteiger partial charge in [0.1, 0.15) is 16.5 Å². The molecule has 1 saturated heterocycles. The number of ether oxygens (including phenoxy) is 2. The van der Waals surface area contributed by atoms with Gasteiger partial charge >= 0.3 is 0 Å². The van der Waals surface area contributed by atoms with Crippen molar-refractivity contribution in [3.05, 3.63) is 100 Å². The first kappa shape index (κ1) is 35.1. The third-order valence-corrected chi connectivity index (χ3v) is 8.96. The number of anilines is 2. The third kappa shape index (κ3) is 9.21. The van der Waals surface area contributed by atoms with Gasteiger partial charge in [-0.05, 0) is 61.2 Å². The van der Waals surface area contributed by atoms with Crippen LogP contribution >= 0.6 is 23.5 Å². The predicted octanol–water partition coefficient (Wildman–Crippen LogP) is 8.28. The summed E-state index contributed by atoms with van der Waals surface area (Å²) < 4.78 is 16.1. The van der Waals surface area contributed by atoms with Crippen molar-refractivity contribution in [1.82, 2.24) is 20.2 Å². The van der Waals surface area contributed by atoms with Crippen LogP contribution in [0.4, 0.5) is 11.6 Å². The highest BCUT2D eigenvalue weighted by atomic mass is 35.5. The van der Waals surface area contributed by atoms with Crippen LogP contribution in [0, 0.1) is 11.3 Å². The van der Waals surface area contributed by atoms with E-state index in [0.717, 1.165) is 54.3 Å². The number of benzene rings is 3. The molecule has 1 aliphatic rings. The number of hydrogen-bond donors (Lipinski definition) is 3. The summed E-state index contributed by atoms with van der Waals surface area (Å²) in [4.78, 5) is 15.1. The Morgan fingerprint density at radius 1 is 0.979 bits per heavy atom. The zero-order chi connectivity index (χ0) is 33.9. The quantitative estimate of drug-likeness (QED) is 0.0843. The van der Waals surface area contributed by atoms with E-state index in [9.17, 15) is 0 Å². The van der Waals surface area contributed by atoms with Gasteiger partial charge < -0.3 is 30.0 Å². The SMILES string of the molecule is CCc1c(Oc2cccc(N3CCN(C)CC3)c2Cl)nc(NS/C(C=N)=C/NCc2ccccc2)nc1-c1ccccc1OCC(C)C. The Bertz CT molecular complexity index is 1690. The summed E-state index contributed by atoms with van der Waals surface area (Å²) in [6.45, 7) is 11.2. The number of likely N-dealkylation sites (N-methyl/N-ethyl adjacent to an activating group) is 1. The maximum absolute atomic E-state index is 7.99. The number of aromatic nitrogens is 2. The fourth-order valence-electron chi connectivity index (χ4n) is 5.22. The minimum atomic E-state index is 0.336. The number of allylic oxidation sites excluding steroid dienone is 1. The van der Waals surface area contributed by atoms with Gasteiger partial charge in [0.2, 0.25) is 11.8 Å². The van der Waals surface area contributed by atoms with Crippen molar-refractivity contribution in [3.8, 4) is 28.6 Å². The maximum Gasteiger partial charge on any atom is 0.237 e. The minimum absolute atomic E-state index is 0.336. The Hall–Kier alpha value is -4.25. The molecule has 5 rings (SSSR count). The van der Waals surface area contributed by atoms with Crippen LogP contribution in [0.2, 0.25) is 5.02 Å². The molecule has 0 aliphatic carbocycles. The number of hydrogen-bond acceptors (Lipinski definition) is 10. The largest absolute Gasteiger partial charge is 0.493 e. The molecule has 3 aromatic carbocycles. The summed E-state index contributed by atoms with van der Waals surface area (Å²) in [5, 5.41) is 11.8. The van der Waals surface area contributed by atoms with E-state index >= 15 is 0 Å². The van der Waals surface area contributed by atoms with Gasteiger partial charge in [-0.2, -0.15) is 4.98 Å². The van der Waals surface area contributed by atoms with Crippen LogP contribution in [-0.4, -0.2) is 60.9 Å². The summed E-state index contributed by atoms with van der Waals surface area (Å²) in [6, 6.07) is 23.9. The van der Waals surface area contributed by atoms with Crippen molar-refractivity contribution >= 4 is 41.4 Å². The molecular weight excluding hydrogens is 642 g/mol. The predicted molar refractivity (Wildman–Crippen MR) is 200 cm³/mol. The minimum Gasteiger partial charge on any atom is -0.493 e. The average molecular weight is 686 g/mol. The molecule has 0 atom stereocenters. The molecular formula is C37H44ClN7O2S. The molecule has 0 spiro atoms. The lowest BCUT2D eigenvalue weighted by Gasteiger charge is -2.34. The van der Waals surface area contributed by atoms with Crippen LogP contribution in [0.1, 0.15) is 31.9 Å². The summed E-state index contributed by atoms with van der Waals surface area (Å²) in [6.07, 6.45) is 3.70. The van der Waals surface area contributed by atoms with Crippen molar-refractivity contribution in [2.75, 3.05) is 49.5 Å². The number of nitrogens with zero attached hydrogens (tertiary/aromatic N) is 4. The standard InChI is InChI=1S/C37H44ClN7O2S/c1-5-29-35(30-14-9-10-16-32(30)46-25-26(2)3)41-37(43-48-28(22-39)24-40-23-27-12-7-6-8-13-27)42-36(29)47-33-17-11-15-31(34(33)38)45-20-18-44(4)19-21-45/h6-17,22,24,26,39-40H,5,18-21,23,25H2,1-4H3,(H,41,42,43)/b28-24+,39-22?. The number of halogens is 1. The second kappa shape index (κ2) is 17.2. The van der Waals surface area contributed by atoms with Crippen molar-refractivity contribution in [3.63, 3.8) is 0 Å². The molecule has 0 radical (unpaired) electrons. The molecule has 4 aromatic rings. The van der Waals surface area contributed by atoms with Crippen LogP contribution in [-0.2, 0) is 13.0 Å². The second-order valence-corrected chi connectivity index (χ2v) is 13.2. The van der Waals surface area contributed by atoms with Gasteiger partial charge in [0.25, 0.3) is 0 Å². The molecule has 0 bridgehead atoms. The highest BCUT2D eigenvalue weighted by molar-refractivity contribution is 8.05. The van der Waals surface area contributed by atoms with E-state index in [4.69, 9.17) is 36.5 Å². The Balaban J connectivity index is 1.48. The molecule has 3 N–H and O–H groups in total. The van der Waals surface area contributed by atoms with Crippen molar-refractivity contribution in [1.29, 1.82) is 5.41 Å². The van der Waals surface area contributed by atoms with Crippen molar-refractivity contribution in [2.24, 2.45) is 5.92 Å². The zero-order valence-electron chi connectivity index (χ0n) is 28.0. The van der Waals surface area contributed by atoms with Gasteiger partial charge in [0, 0.05) is 56.3 Å². The van der Waals surface area contributed by atoms with Crippen LogP contribution in [0.15, 0.2) is 83.9 Å². The fraction of sp³-hybridized carbons (Fsp3) is 0.324. The number of piperazine rings is 1. The number of nitrogens with one attached hydrogen (secondary N) is 3. The molecule has 252 valence electrons. The molecule has 0 amide bonds. The van der Waals surface area contributed by atoms with Crippen LogP contribution in [0.5, 0.6) is 17.4 Å². The molecule has 9 nitrogen and oxygen atoms in total. The van der Waals surface area contributed by atoms with Gasteiger partial charge in [-0.3, -0.25) is 4.72 Å². The summed E-state index contributed by atoms with van der Waals surface area (Å²) in [7, 11) is 2.13. The first-order valence-electron chi connectivity index (χ1n) is 16.3. The normalized spacial score (nSPS) is 13.8. The zero-order valence-corrected chi connectivity index (χ0v) is 29.6. The van der Waals surface area contributed by atoms with E-state index in [0.29, 0.717) is 58.7 Å². The van der Waals surface area contributed by atoms with Crippen LogP contribution < -0.4 is 24.4 Å². The molecule has 1 aromatic heterocycles. The van der Waals surface area contributed by atoms with E-state index in [1.807, 2.05) is 60.7 Å². The van der Waals surface area contributed by atoms with Gasteiger partial charge in [0.05, 0.1) is 22.9 Å². The van der Waals surface area contributed by atoms with Crippen LogP contribution in [0.3, 0.4) is 0 Å². The van der Waals surface area contributed by atoms with Crippen molar-refractivity contribution < 1.29 is 9.47 Å². The Labute approximate surface area is 293 Å². The Morgan fingerprint density at radius 2 is 1.71 bits per heavy atom. The smallest absolute Gasteiger partial charge is 0.237 e. The molecule has 0 unspecified atom stereocenters. The average Bonchev–Trinajstić information content (AvgIpc) is 3.10. The van der Waals surface area contributed by atoms with E-state index in [2.05, 4.69) is 59.8 Å². The number of para-hydroxylation sites is 1. The molecule has 0 saturated carbocycles. The van der Waals surface area contributed by atoms with E-state index in [1.165, 1.54) is 18.2 Å². The highest BCUT2D eigenvalue weighted by Crippen LogP contribution is 2.41. The summed E-state index contributed by atoms with van der Waals surface area (Å²) in [5.41, 5.74) is 4.48. The monoisotopic (exact) mass is 685 g/mol. The van der Waals surface area contributed by atoms with Gasteiger partial charge in [0.15, 0.2) is 0 Å². The molecule has 1 aliphatic heterocycles. The molecule has 11 heteroatoms. The lowest BCUT2D eigenvalue weighted by Crippen LogP contribution is -2.44. The summed E-state index contributed by atoms with van der Waals surface area (Å²) >= 11 is 8.27. The van der Waals surface area contributed by atoms with E-state index in [1.54, 1.807) is 6.20 Å². The second-order valence-electron chi connectivity index (χ2n) is 12.0. The topological polar surface area (TPSA) is 98.6 Å². The Kier molecular flexibility index (Phi) is 12.6. The maximum atomic E-state index is 7.99. The van der Waals surface area contributed by atoms with Crippen LogP contribution in [0.25, 0.3) is 11.3 Å². The fourth-order valence-corrected chi connectivity index (χ4v) is 6.01. The number of rotatable bonds is 15. The van der Waals surface area contributed by atoms with E-state index < -0.39 is 0 Å². The first-order chi connectivity index (χ1) is 23.4. The van der Waals surface area contributed by atoms with Gasteiger partial charge in [-0.25, -0.2) is 4.98 Å². The lowest BCUT2D eigenvalue weighted by molar-refractivity contribution is 0.272. The molecule has 2 heterocycles. The summed E-state index contributed by atoms with van der Waals surface area (Å²) in [5.74, 6) is 2.37. The van der Waals surface area contributed by atoms with E-state index in [-0.39, 0.29) is 0 Å².